The van der Waals surface area contributed by atoms with Crippen molar-refractivity contribution in [3.05, 3.63) is 42.4 Å². The Hall–Kier alpha value is -3.97. The molecule has 0 radical (unpaired) electrons. The van der Waals surface area contributed by atoms with E-state index in [-0.39, 0.29) is 17.9 Å². The van der Waals surface area contributed by atoms with Crippen LogP contribution in [0.3, 0.4) is 0 Å². The Morgan fingerprint density at radius 3 is 2.70 bits per heavy atom. The SMILES string of the molecule is CN(CCN1CCN(c2ccc(OC3CNC3)cc2F)CC1)c1nc(N)n2nc(-c3ccco3)nc2n1. The van der Waals surface area contributed by atoms with Crippen molar-refractivity contribution in [2.75, 3.05) is 74.9 Å². The standard InChI is InChI=1S/C24H29FN10O2/c1-32(23-29-22(26)35-24(30-23)28-21(31-35)20-3-2-12-36-20)6-7-33-8-10-34(11-9-33)19-5-4-16(13-18(19)25)37-17-14-27-15-17/h2-5,12-13,17,27H,6-11,14-15H2,1H3,(H2,26,28,29,30,31). The smallest absolute Gasteiger partial charge is 0.259 e. The van der Waals surface area contributed by atoms with Gasteiger partial charge in [-0.15, -0.1) is 5.10 Å². The summed E-state index contributed by atoms with van der Waals surface area (Å²) in [7, 11) is 1.92. The number of nitrogens with two attached hydrogens (primary N) is 1. The molecular formula is C24H29FN10O2. The van der Waals surface area contributed by atoms with E-state index >= 15 is 0 Å². The second-order valence-electron chi connectivity index (χ2n) is 9.27. The zero-order valence-corrected chi connectivity index (χ0v) is 20.5. The molecular weight excluding hydrogens is 479 g/mol. The first kappa shape index (κ1) is 23.4. The fourth-order valence-electron chi connectivity index (χ4n) is 4.43. The Morgan fingerprint density at radius 1 is 1.16 bits per heavy atom. The van der Waals surface area contributed by atoms with Crippen LogP contribution >= 0.6 is 0 Å². The van der Waals surface area contributed by atoms with Crippen molar-refractivity contribution in [2.24, 2.45) is 0 Å². The lowest BCUT2D eigenvalue weighted by molar-refractivity contribution is 0.142. The molecule has 6 rings (SSSR count). The second kappa shape index (κ2) is 9.82. The molecule has 0 bridgehead atoms. The molecule has 12 nitrogen and oxygen atoms in total. The number of hydrogen-bond donors (Lipinski definition) is 2. The van der Waals surface area contributed by atoms with Gasteiger partial charge in [0.05, 0.1) is 12.0 Å². The van der Waals surface area contributed by atoms with E-state index in [0.29, 0.717) is 41.3 Å². The maximum atomic E-state index is 14.8. The molecule has 13 heteroatoms. The van der Waals surface area contributed by atoms with Crippen LogP contribution in [0.2, 0.25) is 0 Å². The third-order valence-corrected chi connectivity index (χ3v) is 6.74. The number of rotatable bonds is 8. The molecule has 0 saturated carbocycles. The van der Waals surface area contributed by atoms with Gasteiger partial charge < -0.3 is 30.0 Å². The number of hydrogen-bond acceptors (Lipinski definition) is 11. The van der Waals surface area contributed by atoms with E-state index in [2.05, 4.69) is 35.2 Å². The van der Waals surface area contributed by atoms with Crippen molar-refractivity contribution in [2.45, 2.75) is 6.10 Å². The topological polar surface area (TPSA) is 126 Å². The summed E-state index contributed by atoms with van der Waals surface area (Å²) in [6, 6.07) is 8.71. The van der Waals surface area contributed by atoms with Crippen molar-refractivity contribution >= 4 is 23.4 Å². The van der Waals surface area contributed by atoms with Gasteiger partial charge in [0.25, 0.3) is 5.78 Å². The minimum Gasteiger partial charge on any atom is -0.488 e. The monoisotopic (exact) mass is 508 g/mol. The average Bonchev–Trinajstić information content (AvgIpc) is 3.56. The molecule has 0 amide bonds. The number of nitrogens with one attached hydrogen (secondary N) is 1. The maximum Gasteiger partial charge on any atom is 0.259 e. The highest BCUT2D eigenvalue weighted by Crippen LogP contribution is 2.26. The Morgan fingerprint density at radius 2 is 2.00 bits per heavy atom. The Balaban J connectivity index is 1.03. The predicted molar refractivity (Wildman–Crippen MR) is 136 cm³/mol. The highest BCUT2D eigenvalue weighted by Gasteiger charge is 2.23. The highest BCUT2D eigenvalue weighted by molar-refractivity contribution is 5.53. The fraction of sp³-hybridized carbons (Fsp3) is 0.417. The van der Waals surface area contributed by atoms with E-state index in [1.807, 2.05) is 24.1 Å². The van der Waals surface area contributed by atoms with Gasteiger partial charge in [-0.1, -0.05) is 0 Å². The van der Waals surface area contributed by atoms with Crippen LogP contribution in [0.5, 0.6) is 5.75 Å². The van der Waals surface area contributed by atoms with Crippen LogP contribution in [0.15, 0.2) is 41.0 Å². The molecule has 5 heterocycles. The summed E-state index contributed by atoms with van der Waals surface area (Å²) in [5.41, 5.74) is 6.74. The molecule has 0 unspecified atom stereocenters. The molecule has 4 aromatic rings. The van der Waals surface area contributed by atoms with Gasteiger partial charge in [-0.3, -0.25) is 4.90 Å². The third kappa shape index (κ3) is 4.87. The van der Waals surface area contributed by atoms with Crippen LogP contribution in [0.1, 0.15) is 0 Å². The first-order valence-corrected chi connectivity index (χ1v) is 12.3. The van der Waals surface area contributed by atoms with Gasteiger partial charge in [-0.05, 0) is 24.3 Å². The van der Waals surface area contributed by atoms with Gasteiger partial charge in [0.15, 0.2) is 5.76 Å². The number of ether oxygens (including phenoxy) is 1. The van der Waals surface area contributed by atoms with E-state index in [9.17, 15) is 4.39 Å². The molecule has 0 atom stereocenters. The Bertz CT molecular complexity index is 1370. The largest absolute Gasteiger partial charge is 0.488 e. The van der Waals surface area contributed by atoms with Crippen molar-refractivity contribution < 1.29 is 13.5 Å². The van der Waals surface area contributed by atoms with Gasteiger partial charge in [-0.2, -0.15) is 19.5 Å². The highest BCUT2D eigenvalue weighted by atomic mass is 19.1. The lowest BCUT2D eigenvalue weighted by Gasteiger charge is -2.37. The van der Waals surface area contributed by atoms with E-state index in [4.69, 9.17) is 14.9 Å². The number of nitrogens with zero attached hydrogens (tertiary/aromatic N) is 8. The summed E-state index contributed by atoms with van der Waals surface area (Å²) in [6.45, 7) is 6.29. The zero-order valence-electron chi connectivity index (χ0n) is 20.5. The first-order valence-electron chi connectivity index (χ1n) is 12.3. The van der Waals surface area contributed by atoms with Gasteiger partial charge in [0.2, 0.25) is 17.7 Å². The normalized spacial score (nSPS) is 16.8. The summed E-state index contributed by atoms with van der Waals surface area (Å²) >= 11 is 0. The molecule has 2 fully saturated rings. The number of piperazine rings is 1. The quantitative estimate of drug-likeness (QED) is 0.355. The third-order valence-electron chi connectivity index (χ3n) is 6.74. The summed E-state index contributed by atoms with van der Waals surface area (Å²) in [5, 5.41) is 7.48. The van der Waals surface area contributed by atoms with E-state index < -0.39 is 0 Å². The summed E-state index contributed by atoms with van der Waals surface area (Å²) in [5.74, 6) is 2.31. The molecule has 2 saturated heterocycles. The second-order valence-corrected chi connectivity index (χ2v) is 9.27. The van der Waals surface area contributed by atoms with Gasteiger partial charge in [-0.25, -0.2) is 4.39 Å². The Kier molecular flexibility index (Phi) is 6.22. The minimum absolute atomic E-state index is 0.131. The maximum absolute atomic E-state index is 14.8. The first-order chi connectivity index (χ1) is 18.0. The van der Waals surface area contributed by atoms with Crippen LogP contribution in [-0.2, 0) is 0 Å². The number of benzene rings is 1. The van der Waals surface area contributed by atoms with E-state index in [1.165, 1.54) is 10.6 Å². The van der Waals surface area contributed by atoms with Crippen LogP contribution in [-0.4, -0.2) is 95.0 Å². The molecule has 0 spiro atoms. The molecule has 3 aromatic heterocycles. The lowest BCUT2D eigenvalue weighted by Crippen LogP contribution is -2.50. The van der Waals surface area contributed by atoms with Crippen molar-refractivity contribution in [1.29, 1.82) is 0 Å². The molecule has 0 aliphatic carbocycles. The molecule has 2 aliphatic rings. The number of anilines is 3. The average molecular weight is 509 g/mol. The number of aromatic nitrogens is 5. The van der Waals surface area contributed by atoms with Crippen LogP contribution < -0.4 is 25.6 Å². The summed E-state index contributed by atoms with van der Waals surface area (Å²) in [6.07, 6.45) is 1.69. The molecule has 2 aliphatic heterocycles. The number of furan rings is 1. The molecule has 37 heavy (non-hydrogen) atoms. The van der Waals surface area contributed by atoms with Crippen molar-refractivity contribution in [3.8, 4) is 17.3 Å². The Labute approximate surface area is 212 Å². The number of nitrogen functional groups attached to an aromatic ring is 1. The summed E-state index contributed by atoms with van der Waals surface area (Å²) < 4.78 is 27.3. The predicted octanol–water partition coefficient (Wildman–Crippen LogP) is 1.11. The van der Waals surface area contributed by atoms with Gasteiger partial charge in [0, 0.05) is 65.5 Å². The molecule has 1 aromatic carbocycles. The van der Waals surface area contributed by atoms with Gasteiger partial charge in [0.1, 0.15) is 17.7 Å². The van der Waals surface area contributed by atoms with Crippen LogP contribution in [0, 0.1) is 5.82 Å². The van der Waals surface area contributed by atoms with Crippen molar-refractivity contribution in [1.82, 2.24) is 34.8 Å². The van der Waals surface area contributed by atoms with Crippen LogP contribution in [0.4, 0.5) is 22.0 Å². The summed E-state index contributed by atoms with van der Waals surface area (Å²) in [4.78, 5) is 19.7. The zero-order chi connectivity index (χ0) is 25.4. The fourth-order valence-corrected chi connectivity index (χ4v) is 4.43. The molecule has 3 N–H and O–H groups in total. The minimum atomic E-state index is -0.244. The lowest BCUT2D eigenvalue weighted by atomic mass is 10.2. The van der Waals surface area contributed by atoms with Gasteiger partial charge >= 0.3 is 0 Å². The molecule has 194 valence electrons. The number of halogens is 1. The van der Waals surface area contributed by atoms with Crippen molar-refractivity contribution in [3.63, 3.8) is 0 Å². The number of fused-ring (bicyclic) bond motifs is 1. The van der Waals surface area contributed by atoms with Crippen LogP contribution in [0.25, 0.3) is 17.4 Å². The van der Waals surface area contributed by atoms with E-state index in [1.54, 1.807) is 18.4 Å². The number of likely N-dealkylation sites (N-methyl/N-ethyl adjacent to an activating group) is 1. The van der Waals surface area contributed by atoms with E-state index in [0.717, 1.165) is 45.8 Å².